The molecule has 3 rings (SSSR count). The number of nitrogen functional groups attached to an aromatic ring is 1. The fourth-order valence-electron chi connectivity index (χ4n) is 2.88. The van der Waals surface area contributed by atoms with Crippen molar-refractivity contribution < 1.29 is 4.74 Å². The SMILES string of the molecule is CCc1cc2c(OCCC3CCCN3C)nc(N)nc2s1. The fourth-order valence-corrected chi connectivity index (χ4v) is 3.85. The predicted molar refractivity (Wildman–Crippen MR) is 87.0 cm³/mol. The summed E-state index contributed by atoms with van der Waals surface area (Å²) in [5.41, 5.74) is 5.79. The molecule has 0 amide bonds. The third-order valence-electron chi connectivity index (χ3n) is 4.14. The van der Waals surface area contributed by atoms with Crippen LogP contribution in [-0.4, -0.2) is 41.1 Å². The van der Waals surface area contributed by atoms with Crippen molar-refractivity contribution in [3.8, 4) is 5.88 Å². The molecule has 0 aliphatic carbocycles. The maximum atomic E-state index is 5.92. The molecule has 1 aliphatic heterocycles. The molecule has 0 radical (unpaired) electrons. The van der Waals surface area contributed by atoms with E-state index in [4.69, 9.17) is 10.5 Å². The fraction of sp³-hybridized carbons (Fsp3) is 0.600. The van der Waals surface area contributed by atoms with E-state index in [1.54, 1.807) is 11.3 Å². The van der Waals surface area contributed by atoms with Crippen LogP contribution in [0, 0.1) is 0 Å². The van der Waals surface area contributed by atoms with Crippen molar-refractivity contribution in [2.45, 2.75) is 38.6 Å². The second-order valence-corrected chi connectivity index (χ2v) is 6.70. The largest absolute Gasteiger partial charge is 0.477 e. The molecule has 2 N–H and O–H groups in total. The summed E-state index contributed by atoms with van der Waals surface area (Å²) in [7, 11) is 2.19. The molecule has 1 aliphatic rings. The van der Waals surface area contributed by atoms with Gasteiger partial charge in [0.2, 0.25) is 11.8 Å². The van der Waals surface area contributed by atoms with Crippen molar-refractivity contribution in [2.75, 3.05) is 25.9 Å². The van der Waals surface area contributed by atoms with Crippen molar-refractivity contribution in [3.63, 3.8) is 0 Å². The number of ether oxygens (including phenoxy) is 1. The number of likely N-dealkylation sites (tertiary alicyclic amines) is 1. The van der Waals surface area contributed by atoms with E-state index in [0.29, 0.717) is 24.5 Å². The molecule has 2 aromatic heterocycles. The van der Waals surface area contributed by atoms with Gasteiger partial charge in [-0.05, 0) is 45.3 Å². The Morgan fingerprint density at radius 3 is 3.05 bits per heavy atom. The lowest BCUT2D eigenvalue weighted by Gasteiger charge is -2.19. The zero-order valence-corrected chi connectivity index (χ0v) is 13.4. The molecule has 5 nitrogen and oxygen atoms in total. The van der Waals surface area contributed by atoms with Gasteiger partial charge in [-0.25, -0.2) is 4.98 Å². The Morgan fingerprint density at radius 1 is 1.48 bits per heavy atom. The van der Waals surface area contributed by atoms with E-state index in [9.17, 15) is 0 Å². The molecule has 114 valence electrons. The van der Waals surface area contributed by atoms with Crippen LogP contribution in [0.15, 0.2) is 6.07 Å². The van der Waals surface area contributed by atoms with Crippen LogP contribution in [0.1, 0.15) is 31.1 Å². The second-order valence-electron chi connectivity index (χ2n) is 5.59. The van der Waals surface area contributed by atoms with E-state index in [1.807, 2.05) is 0 Å². The van der Waals surface area contributed by atoms with Gasteiger partial charge in [0.15, 0.2) is 0 Å². The number of anilines is 1. The van der Waals surface area contributed by atoms with E-state index in [2.05, 4.69) is 34.9 Å². The molecule has 0 bridgehead atoms. The molecule has 2 aromatic rings. The van der Waals surface area contributed by atoms with Crippen molar-refractivity contribution in [2.24, 2.45) is 0 Å². The summed E-state index contributed by atoms with van der Waals surface area (Å²) in [6.45, 7) is 4.01. The molecule has 6 heteroatoms. The lowest BCUT2D eigenvalue weighted by atomic mass is 10.1. The summed E-state index contributed by atoms with van der Waals surface area (Å²) in [4.78, 5) is 13.2. The van der Waals surface area contributed by atoms with Crippen molar-refractivity contribution in [3.05, 3.63) is 10.9 Å². The standard InChI is InChI=1S/C15H22N4OS/c1-3-11-9-12-13(17-15(16)18-14(12)21-11)20-8-6-10-5-4-7-19(10)2/h9-10H,3-8H2,1-2H3,(H2,16,17,18). The minimum atomic E-state index is 0.292. The summed E-state index contributed by atoms with van der Waals surface area (Å²) in [6, 6.07) is 2.75. The molecule has 0 saturated carbocycles. The molecule has 1 unspecified atom stereocenters. The zero-order valence-electron chi connectivity index (χ0n) is 12.6. The first kappa shape index (κ1) is 14.5. The maximum Gasteiger partial charge on any atom is 0.227 e. The Balaban J connectivity index is 1.72. The Hall–Kier alpha value is -1.40. The van der Waals surface area contributed by atoms with Gasteiger partial charge in [-0.1, -0.05) is 6.92 Å². The van der Waals surface area contributed by atoms with E-state index in [0.717, 1.165) is 23.1 Å². The molecular weight excluding hydrogens is 284 g/mol. The number of aromatic nitrogens is 2. The number of hydrogen-bond acceptors (Lipinski definition) is 6. The first-order chi connectivity index (χ1) is 10.2. The van der Waals surface area contributed by atoms with Crippen LogP contribution >= 0.6 is 11.3 Å². The van der Waals surface area contributed by atoms with E-state index in [-0.39, 0.29) is 0 Å². The smallest absolute Gasteiger partial charge is 0.227 e. The van der Waals surface area contributed by atoms with Crippen LogP contribution in [-0.2, 0) is 6.42 Å². The summed E-state index contributed by atoms with van der Waals surface area (Å²) < 4.78 is 5.92. The number of aryl methyl sites for hydroxylation is 1. The average Bonchev–Trinajstić information content (AvgIpc) is 3.05. The lowest BCUT2D eigenvalue weighted by Crippen LogP contribution is -2.26. The molecule has 1 fully saturated rings. The van der Waals surface area contributed by atoms with Crippen LogP contribution in [0.3, 0.4) is 0 Å². The van der Waals surface area contributed by atoms with Gasteiger partial charge >= 0.3 is 0 Å². The Kier molecular flexibility index (Phi) is 4.26. The highest BCUT2D eigenvalue weighted by molar-refractivity contribution is 7.18. The third kappa shape index (κ3) is 3.11. The Bertz CT molecular complexity index is 627. The number of nitrogens with two attached hydrogens (primary N) is 1. The highest BCUT2D eigenvalue weighted by Crippen LogP contribution is 2.31. The monoisotopic (exact) mass is 306 g/mol. The number of hydrogen-bond donors (Lipinski definition) is 1. The van der Waals surface area contributed by atoms with Crippen molar-refractivity contribution in [1.29, 1.82) is 0 Å². The minimum Gasteiger partial charge on any atom is -0.477 e. The van der Waals surface area contributed by atoms with Gasteiger partial charge in [-0.15, -0.1) is 11.3 Å². The minimum absolute atomic E-state index is 0.292. The molecule has 1 atom stereocenters. The zero-order chi connectivity index (χ0) is 14.8. The molecule has 21 heavy (non-hydrogen) atoms. The van der Waals surface area contributed by atoms with Crippen LogP contribution in [0.5, 0.6) is 5.88 Å². The van der Waals surface area contributed by atoms with Gasteiger partial charge in [-0.3, -0.25) is 0 Å². The van der Waals surface area contributed by atoms with Crippen LogP contribution < -0.4 is 10.5 Å². The summed E-state index contributed by atoms with van der Waals surface area (Å²) >= 11 is 1.67. The quantitative estimate of drug-likeness (QED) is 0.920. The number of rotatable bonds is 5. The van der Waals surface area contributed by atoms with Crippen LogP contribution in [0.2, 0.25) is 0 Å². The highest BCUT2D eigenvalue weighted by Gasteiger charge is 2.20. The third-order valence-corrected chi connectivity index (χ3v) is 5.31. The van der Waals surface area contributed by atoms with E-state index in [1.165, 1.54) is 24.3 Å². The number of fused-ring (bicyclic) bond motifs is 1. The average molecular weight is 306 g/mol. The van der Waals surface area contributed by atoms with Gasteiger partial charge in [0.25, 0.3) is 0 Å². The van der Waals surface area contributed by atoms with Crippen LogP contribution in [0.25, 0.3) is 10.2 Å². The maximum absolute atomic E-state index is 5.92. The first-order valence-corrected chi connectivity index (χ1v) is 8.38. The predicted octanol–water partition coefficient (Wildman–Crippen LogP) is 2.70. The highest BCUT2D eigenvalue weighted by atomic mass is 32.1. The first-order valence-electron chi connectivity index (χ1n) is 7.56. The molecule has 0 spiro atoms. The van der Waals surface area contributed by atoms with Gasteiger partial charge in [-0.2, -0.15) is 4.98 Å². The Morgan fingerprint density at radius 2 is 2.33 bits per heavy atom. The summed E-state index contributed by atoms with van der Waals surface area (Å²) in [5, 5.41) is 0.992. The van der Waals surface area contributed by atoms with Gasteiger partial charge in [0.05, 0.1) is 12.0 Å². The molecular formula is C15H22N4OS. The van der Waals surface area contributed by atoms with Crippen LogP contribution in [0.4, 0.5) is 5.95 Å². The number of nitrogens with zero attached hydrogens (tertiary/aromatic N) is 3. The lowest BCUT2D eigenvalue weighted by molar-refractivity contribution is 0.230. The van der Waals surface area contributed by atoms with Crippen molar-refractivity contribution >= 4 is 27.5 Å². The molecule has 1 saturated heterocycles. The second kappa shape index (κ2) is 6.15. The summed E-state index contributed by atoms with van der Waals surface area (Å²) in [6.07, 6.45) is 4.58. The molecule has 3 heterocycles. The van der Waals surface area contributed by atoms with Gasteiger partial charge in [0, 0.05) is 10.9 Å². The van der Waals surface area contributed by atoms with Gasteiger partial charge < -0.3 is 15.4 Å². The topological polar surface area (TPSA) is 64.3 Å². The van der Waals surface area contributed by atoms with E-state index < -0.39 is 0 Å². The van der Waals surface area contributed by atoms with E-state index >= 15 is 0 Å². The Labute approximate surface area is 129 Å². The normalized spacial score (nSPS) is 19.4. The molecule has 0 aromatic carbocycles. The summed E-state index contributed by atoms with van der Waals surface area (Å²) in [5.74, 6) is 0.925. The number of thiophene rings is 1. The van der Waals surface area contributed by atoms with Gasteiger partial charge in [0.1, 0.15) is 4.83 Å². The van der Waals surface area contributed by atoms with Crippen molar-refractivity contribution in [1.82, 2.24) is 14.9 Å².